The Morgan fingerprint density at radius 1 is 1.20 bits per heavy atom. The molecular formula is C14H10BrNO4. The molecule has 0 saturated carbocycles. The van der Waals surface area contributed by atoms with E-state index in [2.05, 4.69) is 15.9 Å². The van der Waals surface area contributed by atoms with Crippen molar-refractivity contribution < 1.29 is 14.5 Å². The highest BCUT2D eigenvalue weighted by molar-refractivity contribution is 9.10. The number of hydrogen-bond donors (Lipinski definition) is 0. The van der Waals surface area contributed by atoms with Crippen LogP contribution in [-0.4, -0.2) is 11.2 Å². The predicted molar refractivity (Wildman–Crippen MR) is 77.0 cm³/mol. The van der Waals surface area contributed by atoms with Crippen LogP contribution in [0.3, 0.4) is 0 Å². The Balaban J connectivity index is 2.13. The van der Waals surface area contributed by atoms with E-state index in [-0.39, 0.29) is 12.3 Å². The zero-order valence-corrected chi connectivity index (χ0v) is 11.9. The third-order valence-corrected chi connectivity index (χ3v) is 3.15. The number of carbonyl (C=O) groups is 1. The second kappa shape index (κ2) is 6.29. The topological polar surface area (TPSA) is 69.4 Å². The van der Waals surface area contributed by atoms with Crippen LogP contribution >= 0.6 is 15.9 Å². The fraction of sp³-hybridized carbons (Fsp3) is 0.0714. The molecule has 2 rings (SSSR count). The van der Waals surface area contributed by atoms with E-state index in [1.165, 1.54) is 6.07 Å². The number of halogens is 1. The van der Waals surface area contributed by atoms with Crippen molar-refractivity contribution in [1.82, 2.24) is 0 Å². The van der Waals surface area contributed by atoms with E-state index >= 15 is 0 Å². The first-order valence-corrected chi connectivity index (χ1v) is 6.50. The van der Waals surface area contributed by atoms with Crippen molar-refractivity contribution in [3.05, 3.63) is 68.2 Å². The monoisotopic (exact) mass is 335 g/mol. The lowest BCUT2D eigenvalue weighted by Gasteiger charge is -2.07. The Morgan fingerprint density at radius 2 is 1.90 bits per heavy atom. The number of nitro groups is 1. The quantitative estimate of drug-likeness (QED) is 0.474. The number of benzene rings is 2. The van der Waals surface area contributed by atoms with Gasteiger partial charge in [-0.25, -0.2) is 0 Å². The van der Waals surface area contributed by atoms with E-state index in [9.17, 15) is 14.9 Å². The standard InChI is InChI=1S/C14H10BrNO4/c15-12-4-3-11(14(7-12)16(18)19)9-20-13-5-1-10(8-17)2-6-13/h1-8H,9H2. The molecule has 0 aromatic heterocycles. The molecule has 102 valence electrons. The van der Waals surface area contributed by atoms with Crippen molar-refractivity contribution in [2.75, 3.05) is 0 Å². The van der Waals surface area contributed by atoms with Gasteiger partial charge in [-0.15, -0.1) is 0 Å². The van der Waals surface area contributed by atoms with Crippen LogP contribution in [0.4, 0.5) is 5.69 Å². The second-order valence-corrected chi connectivity index (χ2v) is 4.92. The first-order chi connectivity index (χ1) is 9.60. The van der Waals surface area contributed by atoms with Crippen molar-refractivity contribution >= 4 is 27.9 Å². The molecule has 0 heterocycles. The zero-order chi connectivity index (χ0) is 14.5. The summed E-state index contributed by atoms with van der Waals surface area (Å²) in [6, 6.07) is 11.3. The van der Waals surface area contributed by atoms with Crippen molar-refractivity contribution in [3.63, 3.8) is 0 Å². The van der Waals surface area contributed by atoms with Crippen LogP contribution in [0.25, 0.3) is 0 Å². The molecule has 0 aliphatic rings. The first-order valence-electron chi connectivity index (χ1n) is 5.71. The van der Waals surface area contributed by atoms with E-state index in [1.807, 2.05) is 0 Å². The van der Waals surface area contributed by atoms with Gasteiger partial charge in [0, 0.05) is 16.1 Å². The third-order valence-electron chi connectivity index (χ3n) is 2.65. The van der Waals surface area contributed by atoms with Crippen LogP contribution in [0.5, 0.6) is 5.75 Å². The van der Waals surface area contributed by atoms with E-state index in [4.69, 9.17) is 4.74 Å². The Kier molecular flexibility index (Phi) is 4.47. The molecule has 0 aliphatic carbocycles. The minimum absolute atomic E-state index is 0.00360. The number of rotatable bonds is 5. The maximum absolute atomic E-state index is 11.0. The molecule has 0 unspecified atom stereocenters. The minimum Gasteiger partial charge on any atom is -0.489 e. The molecular weight excluding hydrogens is 326 g/mol. The van der Waals surface area contributed by atoms with Crippen LogP contribution in [-0.2, 0) is 6.61 Å². The number of nitro benzene ring substituents is 1. The normalized spacial score (nSPS) is 10.1. The molecule has 6 heteroatoms. The smallest absolute Gasteiger partial charge is 0.277 e. The van der Waals surface area contributed by atoms with Crippen molar-refractivity contribution in [2.45, 2.75) is 6.61 Å². The summed E-state index contributed by atoms with van der Waals surface area (Å²) in [6.45, 7) is 0.0873. The first kappa shape index (κ1) is 14.2. The van der Waals surface area contributed by atoms with Crippen LogP contribution in [0, 0.1) is 10.1 Å². The fourth-order valence-corrected chi connectivity index (χ4v) is 1.98. The Bertz CT molecular complexity index is 640. The number of hydrogen-bond acceptors (Lipinski definition) is 4. The fourth-order valence-electron chi connectivity index (χ4n) is 1.63. The van der Waals surface area contributed by atoms with Crippen LogP contribution in [0.2, 0.25) is 0 Å². The van der Waals surface area contributed by atoms with Gasteiger partial charge >= 0.3 is 0 Å². The molecule has 0 N–H and O–H groups in total. The number of aldehydes is 1. The molecule has 0 spiro atoms. The van der Waals surface area contributed by atoms with Gasteiger partial charge in [-0.2, -0.15) is 0 Å². The third kappa shape index (κ3) is 3.42. The number of nitrogens with zero attached hydrogens (tertiary/aromatic N) is 1. The maximum Gasteiger partial charge on any atom is 0.277 e. The molecule has 0 atom stereocenters. The lowest BCUT2D eigenvalue weighted by atomic mass is 10.2. The summed E-state index contributed by atoms with van der Waals surface area (Å²) in [6.07, 6.45) is 0.739. The Labute approximate surface area is 123 Å². The molecule has 0 aliphatic heterocycles. The highest BCUT2D eigenvalue weighted by atomic mass is 79.9. The van der Waals surface area contributed by atoms with Crippen LogP contribution in [0.1, 0.15) is 15.9 Å². The van der Waals surface area contributed by atoms with Crippen molar-refractivity contribution in [1.29, 1.82) is 0 Å². The van der Waals surface area contributed by atoms with Crippen LogP contribution in [0.15, 0.2) is 46.9 Å². The predicted octanol–water partition coefficient (Wildman–Crippen LogP) is 3.75. The lowest BCUT2D eigenvalue weighted by Crippen LogP contribution is -2.00. The molecule has 20 heavy (non-hydrogen) atoms. The lowest BCUT2D eigenvalue weighted by molar-refractivity contribution is -0.385. The molecule has 2 aromatic rings. The summed E-state index contributed by atoms with van der Waals surface area (Å²) in [5, 5.41) is 11.0. The SMILES string of the molecule is O=Cc1ccc(OCc2ccc(Br)cc2[N+](=O)[O-])cc1. The van der Waals surface area contributed by atoms with Gasteiger partial charge in [0.1, 0.15) is 18.6 Å². The van der Waals surface area contributed by atoms with Gasteiger partial charge < -0.3 is 4.74 Å². The van der Waals surface area contributed by atoms with Gasteiger partial charge in [0.15, 0.2) is 0 Å². The summed E-state index contributed by atoms with van der Waals surface area (Å²) < 4.78 is 6.13. The largest absolute Gasteiger partial charge is 0.489 e. The Morgan fingerprint density at radius 3 is 2.50 bits per heavy atom. The second-order valence-electron chi connectivity index (χ2n) is 4.01. The molecule has 2 aromatic carbocycles. The highest BCUT2D eigenvalue weighted by Gasteiger charge is 2.14. The van der Waals surface area contributed by atoms with Crippen LogP contribution < -0.4 is 4.74 Å². The van der Waals surface area contributed by atoms with E-state index in [1.54, 1.807) is 36.4 Å². The number of ether oxygens (including phenoxy) is 1. The molecule has 0 radical (unpaired) electrons. The molecule has 0 bridgehead atoms. The maximum atomic E-state index is 11.0. The average Bonchev–Trinajstić information content (AvgIpc) is 2.46. The van der Waals surface area contributed by atoms with E-state index in [0.29, 0.717) is 21.3 Å². The summed E-state index contributed by atoms with van der Waals surface area (Å²) in [5.41, 5.74) is 1.04. The summed E-state index contributed by atoms with van der Waals surface area (Å²) in [7, 11) is 0. The van der Waals surface area contributed by atoms with E-state index < -0.39 is 4.92 Å². The van der Waals surface area contributed by atoms with Gasteiger partial charge in [0.25, 0.3) is 5.69 Å². The van der Waals surface area contributed by atoms with Gasteiger partial charge in [-0.05, 0) is 36.4 Å². The molecule has 5 nitrogen and oxygen atoms in total. The molecule has 0 amide bonds. The molecule has 0 fully saturated rings. The number of carbonyl (C=O) groups excluding carboxylic acids is 1. The van der Waals surface area contributed by atoms with Gasteiger partial charge in [-0.3, -0.25) is 14.9 Å². The van der Waals surface area contributed by atoms with Gasteiger partial charge in [0.05, 0.1) is 10.5 Å². The Hall–Kier alpha value is -2.21. The average molecular weight is 336 g/mol. The summed E-state index contributed by atoms with van der Waals surface area (Å²) in [4.78, 5) is 21.0. The van der Waals surface area contributed by atoms with Gasteiger partial charge in [0.2, 0.25) is 0 Å². The van der Waals surface area contributed by atoms with Crippen molar-refractivity contribution in [2.24, 2.45) is 0 Å². The van der Waals surface area contributed by atoms with Gasteiger partial charge in [-0.1, -0.05) is 15.9 Å². The minimum atomic E-state index is -0.445. The van der Waals surface area contributed by atoms with E-state index in [0.717, 1.165) is 6.29 Å². The zero-order valence-electron chi connectivity index (χ0n) is 10.3. The highest BCUT2D eigenvalue weighted by Crippen LogP contribution is 2.25. The summed E-state index contributed by atoms with van der Waals surface area (Å²) in [5.74, 6) is 0.549. The van der Waals surface area contributed by atoms with Crippen molar-refractivity contribution in [3.8, 4) is 5.75 Å². The summed E-state index contributed by atoms with van der Waals surface area (Å²) >= 11 is 3.20. The molecule has 0 saturated heterocycles.